The van der Waals surface area contributed by atoms with Crippen LogP contribution < -0.4 is 16.5 Å². The highest BCUT2D eigenvalue weighted by molar-refractivity contribution is 7.80. The maximum Gasteiger partial charge on any atom is 0.225 e. The lowest BCUT2D eigenvalue weighted by atomic mass is 10.3. The van der Waals surface area contributed by atoms with Gasteiger partial charge in [-0.25, -0.2) is 0 Å². The third-order valence-corrected chi connectivity index (χ3v) is 1.49. The second-order valence-corrected chi connectivity index (χ2v) is 3.28. The number of carbonyl (C=O) groups excluding carboxylic acids is 1. The summed E-state index contributed by atoms with van der Waals surface area (Å²) < 4.78 is 4.79. The van der Waals surface area contributed by atoms with Gasteiger partial charge in [0, 0.05) is 19.4 Å². The number of amides is 1. The van der Waals surface area contributed by atoms with Crippen LogP contribution in [-0.4, -0.2) is 37.0 Å². The van der Waals surface area contributed by atoms with Crippen LogP contribution in [0.3, 0.4) is 0 Å². The van der Waals surface area contributed by atoms with Crippen molar-refractivity contribution >= 4 is 28.9 Å². The van der Waals surface area contributed by atoms with E-state index in [1.165, 1.54) is 0 Å². The van der Waals surface area contributed by atoms with Crippen LogP contribution in [0.25, 0.3) is 0 Å². The third kappa shape index (κ3) is 9.10. The summed E-state index contributed by atoms with van der Waals surface area (Å²) in [6.07, 6.45) is 0.208. The van der Waals surface area contributed by atoms with Crippen LogP contribution in [0.5, 0.6) is 0 Å². The molecule has 0 saturated carbocycles. The van der Waals surface area contributed by atoms with E-state index in [9.17, 15) is 4.79 Å². The van der Waals surface area contributed by atoms with Crippen molar-refractivity contribution < 1.29 is 9.53 Å². The molecule has 0 rings (SSSR count). The van der Waals surface area contributed by atoms with Gasteiger partial charge in [0.05, 0.1) is 13.0 Å². The van der Waals surface area contributed by atoms with Gasteiger partial charge in [0.25, 0.3) is 0 Å². The van der Waals surface area contributed by atoms with E-state index in [-0.39, 0.29) is 17.4 Å². The van der Waals surface area contributed by atoms with Gasteiger partial charge in [0.15, 0.2) is 5.11 Å². The zero-order chi connectivity index (χ0) is 11.7. The summed E-state index contributed by atoms with van der Waals surface area (Å²) >= 11 is 4.56. The standard InChI is InChI=1S/C8H16N4O2S/c1-6(11-12-8(9)15)5-7(13)10-3-4-14-2/h3-5H2,1-2H3,(H,10,13)(H3,9,12,15)/b11-6-. The number of nitrogens with one attached hydrogen (secondary N) is 2. The molecule has 0 atom stereocenters. The topological polar surface area (TPSA) is 88.7 Å². The molecular formula is C8H16N4O2S. The predicted octanol–water partition coefficient (Wildman–Crippen LogP) is -0.652. The van der Waals surface area contributed by atoms with E-state index >= 15 is 0 Å². The van der Waals surface area contributed by atoms with Crippen LogP contribution in [0.1, 0.15) is 13.3 Å². The molecule has 0 aromatic heterocycles. The number of hydrogen-bond donors (Lipinski definition) is 3. The molecule has 4 N–H and O–H groups in total. The first-order chi connectivity index (χ1) is 7.06. The van der Waals surface area contributed by atoms with Crippen molar-refractivity contribution in [2.75, 3.05) is 20.3 Å². The Balaban J connectivity index is 3.75. The average molecular weight is 232 g/mol. The zero-order valence-corrected chi connectivity index (χ0v) is 9.69. The van der Waals surface area contributed by atoms with Crippen molar-refractivity contribution in [3.05, 3.63) is 0 Å². The molecular weight excluding hydrogens is 216 g/mol. The summed E-state index contributed by atoms with van der Waals surface area (Å²) in [7, 11) is 1.57. The summed E-state index contributed by atoms with van der Waals surface area (Å²) in [5.41, 5.74) is 8.19. The Kier molecular flexibility index (Phi) is 7.47. The Morgan fingerprint density at radius 1 is 1.60 bits per heavy atom. The highest BCUT2D eigenvalue weighted by Gasteiger charge is 2.02. The fourth-order valence-electron chi connectivity index (χ4n) is 0.777. The van der Waals surface area contributed by atoms with Gasteiger partial charge in [-0.3, -0.25) is 10.2 Å². The minimum atomic E-state index is -0.113. The number of hydrogen-bond acceptors (Lipinski definition) is 4. The normalized spacial score (nSPS) is 10.9. The van der Waals surface area contributed by atoms with Crippen molar-refractivity contribution in [2.45, 2.75) is 13.3 Å². The van der Waals surface area contributed by atoms with Gasteiger partial charge in [-0.2, -0.15) is 5.10 Å². The number of nitrogens with two attached hydrogens (primary N) is 1. The fraction of sp³-hybridized carbons (Fsp3) is 0.625. The summed E-state index contributed by atoms with van der Waals surface area (Å²) in [5.74, 6) is -0.113. The summed E-state index contributed by atoms with van der Waals surface area (Å²) in [4.78, 5) is 11.2. The van der Waals surface area contributed by atoms with Gasteiger partial charge in [-0.1, -0.05) is 0 Å². The lowest BCUT2D eigenvalue weighted by Crippen LogP contribution is -2.30. The van der Waals surface area contributed by atoms with Crippen LogP contribution in [-0.2, 0) is 9.53 Å². The van der Waals surface area contributed by atoms with E-state index in [1.807, 2.05) is 0 Å². The first-order valence-corrected chi connectivity index (χ1v) is 4.81. The van der Waals surface area contributed by atoms with E-state index < -0.39 is 0 Å². The number of methoxy groups -OCH3 is 1. The monoisotopic (exact) mass is 232 g/mol. The van der Waals surface area contributed by atoms with E-state index in [0.29, 0.717) is 18.9 Å². The number of rotatable bonds is 6. The predicted molar refractivity (Wildman–Crippen MR) is 62.5 cm³/mol. The molecule has 0 aromatic carbocycles. The first kappa shape index (κ1) is 13.8. The fourth-order valence-corrected chi connectivity index (χ4v) is 0.823. The molecule has 0 fully saturated rings. The summed E-state index contributed by atoms with van der Waals surface area (Å²) in [5, 5.41) is 6.54. The van der Waals surface area contributed by atoms with Gasteiger partial charge >= 0.3 is 0 Å². The molecule has 0 saturated heterocycles. The Hall–Kier alpha value is -1.21. The minimum Gasteiger partial charge on any atom is -0.383 e. The zero-order valence-electron chi connectivity index (χ0n) is 8.87. The largest absolute Gasteiger partial charge is 0.383 e. The minimum absolute atomic E-state index is 0.0779. The molecule has 0 unspecified atom stereocenters. The number of nitrogens with zero attached hydrogens (tertiary/aromatic N) is 1. The molecule has 0 bridgehead atoms. The first-order valence-electron chi connectivity index (χ1n) is 4.40. The molecule has 0 aliphatic heterocycles. The SMILES string of the molecule is COCCNC(=O)C/C(C)=N\NC(N)=S. The van der Waals surface area contributed by atoms with Gasteiger partial charge in [-0.05, 0) is 19.1 Å². The lowest BCUT2D eigenvalue weighted by molar-refractivity contribution is -0.120. The molecule has 15 heavy (non-hydrogen) atoms. The molecule has 0 aliphatic rings. The maximum atomic E-state index is 11.2. The number of thiocarbonyl (C=S) groups is 1. The second-order valence-electron chi connectivity index (χ2n) is 2.84. The molecule has 0 spiro atoms. The van der Waals surface area contributed by atoms with Crippen LogP contribution in [0.4, 0.5) is 0 Å². The van der Waals surface area contributed by atoms with Gasteiger partial charge < -0.3 is 15.8 Å². The molecule has 86 valence electrons. The molecule has 0 aromatic rings. The second kappa shape index (κ2) is 8.13. The molecule has 1 amide bonds. The van der Waals surface area contributed by atoms with Crippen molar-refractivity contribution in [1.82, 2.24) is 10.7 Å². The smallest absolute Gasteiger partial charge is 0.225 e. The number of carbonyl (C=O) groups is 1. The van der Waals surface area contributed by atoms with Crippen LogP contribution >= 0.6 is 12.2 Å². The van der Waals surface area contributed by atoms with Gasteiger partial charge in [0.1, 0.15) is 0 Å². The molecule has 6 nitrogen and oxygen atoms in total. The third-order valence-electron chi connectivity index (χ3n) is 1.40. The molecule has 0 radical (unpaired) electrons. The summed E-state index contributed by atoms with van der Waals surface area (Å²) in [6, 6.07) is 0. The highest BCUT2D eigenvalue weighted by Crippen LogP contribution is 1.85. The van der Waals surface area contributed by atoms with Gasteiger partial charge in [0.2, 0.25) is 5.91 Å². The number of hydrazone groups is 1. The van der Waals surface area contributed by atoms with Crippen molar-refractivity contribution in [3.8, 4) is 0 Å². The lowest BCUT2D eigenvalue weighted by Gasteiger charge is -2.04. The molecule has 0 aliphatic carbocycles. The van der Waals surface area contributed by atoms with Crippen molar-refractivity contribution in [1.29, 1.82) is 0 Å². The average Bonchev–Trinajstić information content (AvgIpc) is 2.15. The highest BCUT2D eigenvalue weighted by atomic mass is 32.1. The number of ether oxygens (including phenoxy) is 1. The van der Waals surface area contributed by atoms with Crippen LogP contribution in [0, 0.1) is 0 Å². The van der Waals surface area contributed by atoms with E-state index in [4.69, 9.17) is 10.5 Å². The Labute approximate surface area is 94.2 Å². The summed E-state index contributed by atoms with van der Waals surface area (Å²) in [6.45, 7) is 2.69. The van der Waals surface area contributed by atoms with E-state index in [1.54, 1.807) is 14.0 Å². The Bertz CT molecular complexity index is 255. The van der Waals surface area contributed by atoms with E-state index in [0.717, 1.165) is 0 Å². The molecule has 7 heteroatoms. The quantitative estimate of drug-likeness (QED) is 0.245. The van der Waals surface area contributed by atoms with Gasteiger partial charge in [-0.15, -0.1) is 0 Å². The molecule has 0 heterocycles. The van der Waals surface area contributed by atoms with Crippen molar-refractivity contribution in [2.24, 2.45) is 10.8 Å². The van der Waals surface area contributed by atoms with E-state index in [2.05, 4.69) is 28.1 Å². The van der Waals surface area contributed by atoms with Crippen LogP contribution in [0.15, 0.2) is 5.10 Å². The van der Waals surface area contributed by atoms with Crippen LogP contribution in [0.2, 0.25) is 0 Å². The van der Waals surface area contributed by atoms with Crippen molar-refractivity contribution in [3.63, 3.8) is 0 Å². The Morgan fingerprint density at radius 2 is 2.27 bits per heavy atom. The Morgan fingerprint density at radius 3 is 2.80 bits per heavy atom. The maximum absolute atomic E-state index is 11.2.